The zero-order chi connectivity index (χ0) is 12.3. The number of hydrogen-bond donors (Lipinski definition) is 1. The summed E-state index contributed by atoms with van der Waals surface area (Å²) < 4.78 is 0. The van der Waals surface area contributed by atoms with Gasteiger partial charge in [0.05, 0.1) is 20.5 Å². The molecule has 0 fully saturated rings. The van der Waals surface area contributed by atoms with Crippen LogP contribution < -0.4 is 5.32 Å². The smallest absolute Gasteiger partial charge is 0.268 e. The van der Waals surface area contributed by atoms with Crippen LogP contribution in [0.25, 0.3) is 0 Å². The van der Waals surface area contributed by atoms with E-state index in [1.54, 1.807) is 5.32 Å². The van der Waals surface area contributed by atoms with Gasteiger partial charge in [0, 0.05) is 12.1 Å². The Morgan fingerprint density at radius 3 is 2.62 bits per heavy atom. The number of nitro groups is 1. The summed E-state index contributed by atoms with van der Waals surface area (Å²) >= 11 is 11.3. The lowest BCUT2D eigenvalue weighted by atomic mass is 10.2. The third-order valence-corrected chi connectivity index (χ3v) is 2.44. The molecule has 0 aliphatic carbocycles. The van der Waals surface area contributed by atoms with E-state index in [0.717, 1.165) is 12.1 Å². The molecule has 0 saturated heterocycles. The van der Waals surface area contributed by atoms with Crippen molar-refractivity contribution >= 4 is 34.8 Å². The van der Waals surface area contributed by atoms with Crippen LogP contribution in [0.4, 0.5) is 5.69 Å². The summed E-state index contributed by atoms with van der Waals surface area (Å²) in [5.41, 5.74) is -0.597. The van der Waals surface area contributed by atoms with Crippen molar-refractivity contribution in [1.29, 1.82) is 5.26 Å². The fourth-order valence-corrected chi connectivity index (χ4v) is 1.37. The van der Waals surface area contributed by atoms with Crippen molar-refractivity contribution in [2.75, 3.05) is 0 Å². The minimum Gasteiger partial charge on any atom is -0.268 e. The molecule has 16 heavy (non-hydrogen) atoms. The lowest BCUT2D eigenvalue weighted by Gasteiger charge is -2.03. The van der Waals surface area contributed by atoms with Crippen molar-refractivity contribution in [2.24, 2.45) is 0 Å². The van der Waals surface area contributed by atoms with Crippen molar-refractivity contribution < 1.29 is 9.72 Å². The number of non-ortho nitro benzene ring substituents is 1. The van der Waals surface area contributed by atoms with Gasteiger partial charge in [0.1, 0.15) is 0 Å². The number of halogens is 2. The molecule has 1 aromatic carbocycles. The maximum atomic E-state index is 11.3. The maximum Gasteiger partial charge on any atom is 0.271 e. The third kappa shape index (κ3) is 2.39. The Hall–Kier alpha value is -1.84. The Morgan fingerprint density at radius 2 is 2.12 bits per heavy atom. The molecule has 0 radical (unpaired) electrons. The third-order valence-electron chi connectivity index (χ3n) is 1.64. The molecule has 0 heterocycles. The van der Waals surface area contributed by atoms with E-state index in [4.69, 9.17) is 28.5 Å². The zero-order valence-corrected chi connectivity index (χ0v) is 9.04. The first-order valence-electron chi connectivity index (χ1n) is 3.80. The van der Waals surface area contributed by atoms with Gasteiger partial charge < -0.3 is 0 Å². The molecule has 0 unspecified atom stereocenters. The van der Waals surface area contributed by atoms with Gasteiger partial charge in [-0.05, 0) is 0 Å². The van der Waals surface area contributed by atoms with Gasteiger partial charge in [0.2, 0.25) is 0 Å². The van der Waals surface area contributed by atoms with Gasteiger partial charge in [-0.1, -0.05) is 23.2 Å². The van der Waals surface area contributed by atoms with Gasteiger partial charge in [-0.25, -0.2) is 0 Å². The van der Waals surface area contributed by atoms with Crippen molar-refractivity contribution in [3.8, 4) is 6.19 Å². The van der Waals surface area contributed by atoms with Gasteiger partial charge in [-0.15, -0.1) is 0 Å². The molecular formula is C8H3Cl2N3O3. The van der Waals surface area contributed by atoms with Crippen LogP contribution in [0.2, 0.25) is 10.0 Å². The standard InChI is InChI=1S/C8H3Cl2N3O3/c9-6-2-4(13(15)16)1-5(7(6)10)8(14)12-3-11/h1-2H,(H,12,14). The first-order chi connectivity index (χ1) is 7.47. The van der Waals surface area contributed by atoms with E-state index in [0.29, 0.717) is 0 Å². The van der Waals surface area contributed by atoms with Crippen LogP contribution in [0.15, 0.2) is 12.1 Å². The second-order valence-electron chi connectivity index (χ2n) is 2.61. The van der Waals surface area contributed by atoms with Crippen LogP contribution in [-0.2, 0) is 0 Å². The molecule has 8 heteroatoms. The summed E-state index contributed by atoms with van der Waals surface area (Å²) in [4.78, 5) is 21.1. The number of carbonyl (C=O) groups excluding carboxylic acids is 1. The van der Waals surface area contributed by atoms with E-state index in [1.165, 1.54) is 6.19 Å². The average molecular weight is 260 g/mol. The number of hydrogen-bond acceptors (Lipinski definition) is 4. The maximum absolute atomic E-state index is 11.3. The van der Waals surface area contributed by atoms with E-state index < -0.39 is 10.8 Å². The monoisotopic (exact) mass is 259 g/mol. The van der Waals surface area contributed by atoms with Gasteiger partial charge >= 0.3 is 0 Å². The molecule has 1 N–H and O–H groups in total. The predicted molar refractivity (Wildman–Crippen MR) is 56.2 cm³/mol. The van der Waals surface area contributed by atoms with Gasteiger partial charge in [0.25, 0.3) is 11.6 Å². The normalized spacial score (nSPS) is 9.31. The number of nitriles is 1. The molecule has 1 amide bonds. The predicted octanol–water partition coefficient (Wildman–Crippen LogP) is 2.11. The van der Waals surface area contributed by atoms with Crippen molar-refractivity contribution in [2.45, 2.75) is 0 Å². The lowest BCUT2D eigenvalue weighted by Crippen LogP contribution is -2.18. The molecule has 0 saturated carbocycles. The SMILES string of the molecule is N#CNC(=O)c1cc([N+](=O)[O-])cc(Cl)c1Cl. The molecule has 0 atom stereocenters. The Balaban J connectivity index is 3.33. The van der Waals surface area contributed by atoms with E-state index in [9.17, 15) is 14.9 Å². The highest BCUT2D eigenvalue weighted by Crippen LogP contribution is 2.30. The van der Waals surface area contributed by atoms with Gasteiger partial charge in [-0.3, -0.25) is 20.2 Å². The molecular weight excluding hydrogens is 257 g/mol. The number of benzene rings is 1. The highest BCUT2D eigenvalue weighted by Gasteiger charge is 2.19. The van der Waals surface area contributed by atoms with Gasteiger partial charge in [0.15, 0.2) is 6.19 Å². The van der Waals surface area contributed by atoms with Crippen LogP contribution in [-0.4, -0.2) is 10.8 Å². The summed E-state index contributed by atoms with van der Waals surface area (Å²) in [6, 6.07) is 1.97. The zero-order valence-electron chi connectivity index (χ0n) is 7.53. The molecule has 0 spiro atoms. The number of nitrogens with zero attached hydrogens (tertiary/aromatic N) is 2. The molecule has 0 aliphatic rings. The highest BCUT2D eigenvalue weighted by molar-refractivity contribution is 6.44. The number of nitro benzene ring substituents is 1. The number of nitrogens with one attached hydrogen (secondary N) is 1. The molecule has 6 nitrogen and oxygen atoms in total. The molecule has 1 rings (SSSR count). The van der Waals surface area contributed by atoms with Gasteiger partial charge in [-0.2, -0.15) is 5.26 Å². The summed E-state index contributed by atoms with van der Waals surface area (Å²) in [6.07, 6.45) is 1.39. The number of carbonyl (C=O) groups is 1. The topological polar surface area (TPSA) is 96.0 Å². The van der Waals surface area contributed by atoms with E-state index in [-0.39, 0.29) is 21.3 Å². The van der Waals surface area contributed by atoms with E-state index in [1.807, 2.05) is 0 Å². The largest absolute Gasteiger partial charge is 0.271 e. The molecule has 0 bridgehead atoms. The van der Waals surface area contributed by atoms with Crippen molar-refractivity contribution in [1.82, 2.24) is 5.32 Å². The van der Waals surface area contributed by atoms with Crippen molar-refractivity contribution in [3.05, 3.63) is 37.9 Å². The summed E-state index contributed by atoms with van der Waals surface area (Å²) in [7, 11) is 0. The summed E-state index contributed by atoms with van der Waals surface area (Å²) in [5.74, 6) is -0.849. The van der Waals surface area contributed by atoms with Crippen LogP contribution in [0.3, 0.4) is 0 Å². The van der Waals surface area contributed by atoms with E-state index in [2.05, 4.69) is 0 Å². The van der Waals surface area contributed by atoms with E-state index >= 15 is 0 Å². The highest BCUT2D eigenvalue weighted by atomic mass is 35.5. The summed E-state index contributed by atoms with van der Waals surface area (Å²) in [5, 5.41) is 20.3. The average Bonchev–Trinajstić information content (AvgIpc) is 2.21. The second kappa shape index (κ2) is 4.79. The Morgan fingerprint density at radius 1 is 1.50 bits per heavy atom. The van der Waals surface area contributed by atoms with Crippen LogP contribution in [0, 0.1) is 21.6 Å². The molecule has 82 valence electrons. The second-order valence-corrected chi connectivity index (χ2v) is 3.40. The minimum atomic E-state index is -0.849. The quantitative estimate of drug-likeness (QED) is 0.381. The van der Waals surface area contributed by atoms with Crippen molar-refractivity contribution in [3.63, 3.8) is 0 Å². The first-order valence-corrected chi connectivity index (χ1v) is 4.56. The molecule has 1 aromatic rings. The number of rotatable bonds is 2. The minimum absolute atomic E-state index is 0.126. The summed E-state index contributed by atoms with van der Waals surface area (Å²) in [6.45, 7) is 0. The molecule has 0 aromatic heterocycles. The fourth-order valence-electron chi connectivity index (χ4n) is 0.963. The molecule has 0 aliphatic heterocycles. The Bertz CT molecular complexity index is 510. The Labute approximate surface area is 99.5 Å². The van der Waals surface area contributed by atoms with Crippen LogP contribution >= 0.6 is 23.2 Å². The fraction of sp³-hybridized carbons (Fsp3) is 0. The number of amides is 1. The van der Waals surface area contributed by atoms with Crippen LogP contribution in [0.5, 0.6) is 0 Å². The lowest BCUT2D eigenvalue weighted by molar-refractivity contribution is -0.384. The Kier molecular flexibility index (Phi) is 3.66. The van der Waals surface area contributed by atoms with Crippen LogP contribution in [0.1, 0.15) is 10.4 Å². The first kappa shape index (κ1) is 12.2.